The molecule has 0 atom stereocenters. The Balaban J connectivity index is 0.00000242. The van der Waals surface area contributed by atoms with Crippen molar-refractivity contribution in [2.45, 2.75) is 33.2 Å². The number of piperidine rings is 1. The number of nitrogens with one attached hydrogen (secondary N) is 1. The van der Waals surface area contributed by atoms with Crippen LogP contribution in [-0.4, -0.2) is 29.9 Å². The van der Waals surface area contributed by atoms with E-state index in [1.807, 2.05) is 24.3 Å². The normalized spacial score (nSPS) is 16.1. The maximum Gasteiger partial charge on any atom is 0.221 e. The summed E-state index contributed by atoms with van der Waals surface area (Å²) < 4.78 is 0. The van der Waals surface area contributed by atoms with Gasteiger partial charge in [0.05, 0.1) is 6.54 Å². The molecule has 0 aromatic heterocycles. The summed E-state index contributed by atoms with van der Waals surface area (Å²) in [5, 5.41) is 2.77. The molecule has 22 heavy (non-hydrogen) atoms. The molecule has 5 nitrogen and oxygen atoms in total. The van der Waals surface area contributed by atoms with Crippen LogP contribution in [0, 0.1) is 5.92 Å². The van der Waals surface area contributed by atoms with Crippen LogP contribution in [0.2, 0.25) is 0 Å². The van der Waals surface area contributed by atoms with Crippen LogP contribution in [0.4, 0.5) is 5.69 Å². The van der Waals surface area contributed by atoms with E-state index in [-0.39, 0.29) is 29.9 Å². The van der Waals surface area contributed by atoms with Crippen molar-refractivity contribution >= 4 is 41.5 Å². The van der Waals surface area contributed by atoms with Crippen LogP contribution >= 0.6 is 24.0 Å². The Morgan fingerprint density at radius 3 is 2.73 bits per heavy atom. The fourth-order valence-corrected chi connectivity index (χ4v) is 2.46. The minimum Gasteiger partial charge on any atom is -0.370 e. The zero-order valence-corrected chi connectivity index (χ0v) is 15.5. The van der Waals surface area contributed by atoms with Crippen LogP contribution in [0.3, 0.4) is 0 Å². The SMILES string of the molecule is CC(=O)Nc1cccc(CN=C(N)N2CCC(C)CC2)c1.I. The van der Waals surface area contributed by atoms with Crippen LogP contribution in [0.25, 0.3) is 0 Å². The molecule has 6 heteroatoms. The average Bonchev–Trinajstić information content (AvgIpc) is 2.45. The fraction of sp³-hybridized carbons (Fsp3) is 0.500. The fourth-order valence-electron chi connectivity index (χ4n) is 2.46. The monoisotopic (exact) mass is 416 g/mol. The molecule has 3 N–H and O–H groups in total. The standard InChI is InChI=1S/C16H24N4O.HI/c1-12-6-8-20(9-7-12)16(17)18-11-14-4-3-5-15(10-14)19-13(2)21;/h3-5,10,12H,6-9,11H2,1-2H3,(H2,17,18)(H,19,21);1H. The van der Waals surface area contributed by atoms with Crippen molar-refractivity contribution < 1.29 is 4.79 Å². The number of carbonyl (C=O) groups is 1. The molecule has 1 aliphatic rings. The number of rotatable bonds is 3. The highest BCUT2D eigenvalue weighted by atomic mass is 127. The first-order chi connectivity index (χ1) is 10.0. The van der Waals surface area contributed by atoms with Gasteiger partial charge in [-0.25, -0.2) is 4.99 Å². The lowest BCUT2D eigenvalue weighted by Gasteiger charge is -2.31. The minimum absolute atomic E-state index is 0. The summed E-state index contributed by atoms with van der Waals surface area (Å²) in [6, 6.07) is 7.69. The molecule has 0 saturated carbocycles. The summed E-state index contributed by atoms with van der Waals surface area (Å²) in [6.07, 6.45) is 2.35. The summed E-state index contributed by atoms with van der Waals surface area (Å²) >= 11 is 0. The van der Waals surface area contributed by atoms with Crippen molar-refractivity contribution in [2.24, 2.45) is 16.6 Å². The number of nitrogens with zero attached hydrogens (tertiary/aromatic N) is 2. The van der Waals surface area contributed by atoms with E-state index >= 15 is 0 Å². The van der Waals surface area contributed by atoms with Gasteiger partial charge in [0.15, 0.2) is 5.96 Å². The molecule has 1 fully saturated rings. The second-order valence-electron chi connectivity index (χ2n) is 5.73. The third-order valence-corrected chi connectivity index (χ3v) is 3.78. The maximum absolute atomic E-state index is 11.1. The van der Waals surface area contributed by atoms with E-state index in [4.69, 9.17) is 5.73 Å². The van der Waals surface area contributed by atoms with Crippen molar-refractivity contribution in [1.29, 1.82) is 0 Å². The van der Waals surface area contributed by atoms with E-state index < -0.39 is 0 Å². The van der Waals surface area contributed by atoms with Crippen molar-refractivity contribution in [3.05, 3.63) is 29.8 Å². The van der Waals surface area contributed by atoms with E-state index in [2.05, 4.69) is 22.1 Å². The zero-order valence-electron chi connectivity index (χ0n) is 13.2. The third kappa shape index (κ3) is 5.82. The molecule has 1 amide bonds. The van der Waals surface area contributed by atoms with Crippen molar-refractivity contribution in [1.82, 2.24) is 4.90 Å². The van der Waals surface area contributed by atoms with Gasteiger partial charge in [-0.3, -0.25) is 4.79 Å². The summed E-state index contributed by atoms with van der Waals surface area (Å²) in [7, 11) is 0. The first kappa shape index (κ1) is 18.7. The van der Waals surface area contributed by atoms with Gasteiger partial charge in [-0.1, -0.05) is 19.1 Å². The topological polar surface area (TPSA) is 70.7 Å². The van der Waals surface area contributed by atoms with Gasteiger partial charge in [0.1, 0.15) is 0 Å². The van der Waals surface area contributed by atoms with E-state index in [1.54, 1.807) is 0 Å². The lowest BCUT2D eigenvalue weighted by molar-refractivity contribution is -0.114. The first-order valence-electron chi connectivity index (χ1n) is 7.46. The minimum atomic E-state index is -0.0717. The first-order valence-corrected chi connectivity index (χ1v) is 7.46. The van der Waals surface area contributed by atoms with Gasteiger partial charge < -0.3 is 16.0 Å². The second kappa shape index (κ2) is 8.97. The number of guanidine groups is 1. The molecule has 122 valence electrons. The molecule has 1 aromatic rings. The Morgan fingerprint density at radius 2 is 2.09 bits per heavy atom. The van der Waals surface area contributed by atoms with Crippen molar-refractivity contribution in [2.75, 3.05) is 18.4 Å². The van der Waals surface area contributed by atoms with Crippen LogP contribution in [-0.2, 0) is 11.3 Å². The summed E-state index contributed by atoms with van der Waals surface area (Å²) in [5.74, 6) is 1.33. The Bertz CT molecular complexity index is 525. The largest absolute Gasteiger partial charge is 0.370 e. The molecule has 0 radical (unpaired) electrons. The molecule has 0 spiro atoms. The average molecular weight is 416 g/mol. The number of aliphatic imine (C=N–C) groups is 1. The molecular formula is C16H25IN4O. The molecular weight excluding hydrogens is 391 g/mol. The van der Waals surface area contributed by atoms with Gasteiger partial charge in [0.25, 0.3) is 0 Å². The van der Waals surface area contributed by atoms with Gasteiger partial charge in [-0.15, -0.1) is 24.0 Å². The van der Waals surface area contributed by atoms with E-state index in [1.165, 1.54) is 19.8 Å². The second-order valence-corrected chi connectivity index (χ2v) is 5.73. The van der Waals surface area contributed by atoms with Crippen molar-refractivity contribution in [3.8, 4) is 0 Å². The Labute approximate surface area is 149 Å². The van der Waals surface area contributed by atoms with Gasteiger partial charge in [-0.05, 0) is 36.5 Å². The van der Waals surface area contributed by atoms with Crippen LogP contribution < -0.4 is 11.1 Å². The summed E-state index contributed by atoms with van der Waals surface area (Å²) in [4.78, 5) is 17.7. The van der Waals surface area contributed by atoms with E-state index in [0.29, 0.717) is 12.5 Å². The molecule has 1 aliphatic heterocycles. The molecule has 0 bridgehead atoms. The number of anilines is 1. The summed E-state index contributed by atoms with van der Waals surface area (Å²) in [6.45, 7) is 6.29. The van der Waals surface area contributed by atoms with Gasteiger partial charge in [0.2, 0.25) is 5.91 Å². The molecule has 1 saturated heterocycles. The van der Waals surface area contributed by atoms with E-state index in [0.717, 1.165) is 30.3 Å². The maximum atomic E-state index is 11.1. The van der Waals surface area contributed by atoms with Gasteiger partial charge in [-0.2, -0.15) is 0 Å². The molecule has 1 aromatic carbocycles. The Morgan fingerprint density at radius 1 is 1.41 bits per heavy atom. The Hall–Kier alpha value is -1.31. The number of amides is 1. The highest BCUT2D eigenvalue weighted by molar-refractivity contribution is 14.0. The zero-order chi connectivity index (χ0) is 15.2. The quantitative estimate of drug-likeness (QED) is 0.452. The van der Waals surface area contributed by atoms with Crippen molar-refractivity contribution in [3.63, 3.8) is 0 Å². The lowest BCUT2D eigenvalue weighted by atomic mass is 10.00. The predicted molar refractivity (Wildman–Crippen MR) is 101 cm³/mol. The number of hydrogen-bond acceptors (Lipinski definition) is 2. The Kier molecular flexibility index (Phi) is 7.64. The third-order valence-electron chi connectivity index (χ3n) is 3.78. The molecule has 0 aliphatic carbocycles. The smallest absolute Gasteiger partial charge is 0.221 e. The summed E-state index contributed by atoms with van der Waals surface area (Å²) in [5.41, 5.74) is 7.90. The molecule has 1 heterocycles. The van der Waals surface area contributed by atoms with Crippen LogP contribution in [0.15, 0.2) is 29.3 Å². The number of nitrogens with two attached hydrogens (primary N) is 1. The van der Waals surface area contributed by atoms with Gasteiger partial charge >= 0.3 is 0 Å². The van der Waals surface area contributed by atoms with Crippen LogP contribution in [0.1, 0.15) is 32.3 Å². The number of benzene rings is 1. The van der Waals surface area contributed by atoms with Gasteiger partial charge in [0, 0.05) is 25.7 Å². The highest BCUT2D eigenvalue weighted by Crippen LogP contribution is 2.16. The predicted octanol–water partition coefficient (Wildman–Crippen LogP) is 2.81. The highest BCUT2D eigenvalue weighted by Gasteiger charge is 2.16. The number of hydrogen-bond donors (Lipinski definition) is 2. The van der Waals surface area contributed by atoms with E-state index in [9.17, 15) is 4.79 Å². The number of likely N-dealkylation sites (tertiary alicyclic amines) is 1. The molecule has 2 rings (SSSR count). The van der Waals surface area contributed by atoms with Crippen LogP contribution in [0.5, 0.6) is 0 Å². The lowest BCUT2D eigenvalue weighted by Crippen LogP contribution is -2.42. The molecule has 0 unspecified atom stereocenters. The number of halogens is 1. The number of carbonyl (C=O) groups excluding carboxylic acids is 1.